The number of carbonyl (C=O) groups excluding carboxylic acids is 1. The molecule has 2 aromatic carbocycles. The number of hydrogen-bond acceptors (Lipinski definition) is 6. The highest BCUT2D eigenvalue weighted by Crippen LogP contribution is 2.28. The fourth-order valence-electron chi connectivity index (χ4n) is 2.62. The number of halogens is 1. The highest BCUT2D eigenvalue weighted by atomic mass is 79.9. The Kier molecular flexibility index (Phi) is 5.81. The van der Waals surface area contributed by atoms with Gasteiger partial charge in [-0.1, -0.05) is 15.9 Å². The zero-order valence-corrected chi connectivity index (χ0v) is 16.4. The lowest BCUT2D eigenvalue weighted by Gasteiger charge is -2.11. The van der Waals surface area contributed by atoms with Crippen molar-refractivity contribution in [1.82, 2.24) is 0 Å². The first-order chi connectivity index (χ1) is 13.0. The molecule has 1 heterocycles. The third-order valence-electron chi connectivity index (χ3n) is 3.85. The van der Waals surface area contributed by atoms with Crippen LogP contribution in [0.25, 0.3) is 11.0 Å². The fraction of sp³-hybridized carbons (Fsp3) is 0.200. The summed E-state index contributed by atoms with van der Waals surface area (Å²) in [6.07, 6.45) is 0. The van der Waals surface area contributed by atoms with Crippen molar-refractivity contribution in [2.24, 2.45) is 0 Å². The molecule has 0 N–H and O–H groups in total. The Morgan fingerprint density at radius 3 is 2.67 bits per heavy atom. The van der Waals surface area contributed by atoms with Gasteiger partial charge in [-0.3, -0.25) is 0 Å². The lowest BCUT2D eigenvalue weighted by molar-refractivity contribution is 0.0473. The van der Waals surface area contributed by atoms with Crippen LogP contribution in [0, 0.1) is 0 Å². The van der Waals surface area contributed by atoms with E-state index in [2.05, 4.69) is 15.9 Å². The van der Waals surface area contributed by atoms with Crippen molar-refractivity contribution in [1.29, 1.82) is 0 Å². The molecule has 0 amide bonds. The molecule has 0 saturated carbocycles. The second kappa shape index (κ2) is 8.26. The molecular weight excluding hydrogens is 416 g/mol. The standard InChI is InChI=1S/C20H17BrO6/c1-3-25-16-7-4-12(8-18(16)24-2)20(23)26-11-13-9-19(22)27-17-10-14(21)5-6-15(13)17/h4-10H,3,11H2,1-2H3. The number of methoxy groups -OCH3 is 1. The van der Waals surface area contributed by atoms with Crippen molar-refractivity contribution in [2.45, 2.75) is 13.5 Å². The second-order valence-electron chi connectivity index (χ2n) is 5.61. The Balaban J connectivity index is 1.82. The van der Waals surface area contributed by atoms with Crippen LogP contribution in [0.15, 0.2) is 56.1 Å². The maximum Gasteiger partial charge on any atom is 0.338 e. The smallest absolute Gasteiger partial charge is 0.338 e. The molecule has 1 aromatic heterocycles. The lowest BCUT2D eigenvalue weighted by Crippen LogP contribution is -2.08. The summed E-state index contributed by atoms with van der Waals surface area (Å²) in [7, 11) is 1.50. The van der Waals surface area contributed by atoms with Gasteiger partial charge in [-0.25, -0.2) is 9.59 Å². The molecule has 7 heteroatoms. The van der Waals surface area contributed by atoms with Gasteiger partial charge in [0.15, 0.2) is 11.5 Å². The van der Waals surface area contributed by atoms with Crippen molar-refractivity contribution < 1.29 is 23.4 Å². The zero-order chi connectivity index (χ0) is 19.4. The first-order valence-electron chi connectivity index (χ1n) is 8.22. The third-order valence-corrected chi connectivity index (χ3v) is 4.34. The van der Waals surface area contributed by atoms with Crippen LogP contribution < -0.4 is 15.1 Å². The molecule has 0 unspecified atom stereocenters. The van der Waals surface area contributed by atoms with E-state index in [1.54, 1.807) is 30.3 Å². The monoisotopic (exact) mass is 432 g/mol. The predicted octanol–water partition coefficient (Wildman–Crippen LogP) is 4.32. The molecule has 0 bridgehead atoms. The maximum atomic E-state index is 12.4. The number of benzene rings is 2. The van der Waals surface area contributed by atoms with E-state index in [4.69, 9.17) is 18.6 Å². The molecule has 0 aliphatic carbocycles. The van der Waals surface area contributed by atoms with Crippen LogP contribution in [0.3, 0.4) is 0 Å². The van der Waals surface area contributed by atoms with Crippen molar-refractivity contribution in [2.75, 3.05) is 13.7 Å². The van der Waals surface area contributed by atoms with Gasteiger partial charge in [-0.2, -0.15) is 0 Å². The fourth-order valence-corrected chi connectivity index (χ4v) is 2.96. The largest absolute Gasteiger partial charge is 0.493 e. The SMILES string of the molecule is CCOc1ccc(C(=O)OCc2cc(=O)oc3cc(Br)ccc23)cc1OC. The van der Waals surface area contributed by atoms with Gasteiger partial charge in [-0.05, 0) is 43.3 Å². The van der Waals surface area contributed by atoms with Crippen molar-refractivity contribution >= 4 is 32.9 Å². The van der Waals surface area contributed by atoms with E-state index in [1.165, 1.54) is 13.2 Å². The van der Waals surface area contributed by atoms with Gasteiger partial charge in [0.1, 0.15) is 12.2 Å². The Morgan fingerprint density at radius 1 is 1.11 bits per heavy atom. The van der Waals surface area contributed by atoms with E-state index in [0.29, 0.717) is 40.2 Å². The Labute approximate surface area is 163 Å². The second-order valence-corrected chi connectivity index (χ2v) is 6.52. The van der Waals surface area contributed by atoms with E-state index in [0.717, 1.165) is 4.47 Å². The third kappa shape index (κ3) is 4.31. The van der Waals surface area contributed by atoms with E-state index < -0.39 is 11.6 Å². The topological polar surface area (TPSA) is 75.0 Å². The quantitative estimate of drug-likeness (QED) is 0.426. The summed E-state index contributed by atoms with van der Waals surface area (Å²) in [6.45, 7) is 2.29. The maximum absolute atomic E-state index is 12.4. The average Bonchev–Trinajstić information content (AvgIpc) is 2.65. The minimum absolute atomic E-state index is 0.0574. The summed E-state index contributed by atoms with van der Waals surface area (Å²) < 4.78 is 22.0. The van der Waals surface area contributed by atoms with E-state index in [9.17, 15) is 9.59 Å². The van der Waals surface area contributed by atoms with Crippen LogP contribution in [0.1, 0.15) is 22.8 Å². The van der Waals surface area contributed by atoms with Crippen LogP contribution in [0.2, 0.25) is 0 Å². The van der Waals surface area contributed by atoms with Crippen molar-refractivity contribution in [3.8, 4) is 11.5 Å². The molecule has 0 fully saturated rings. The molecule has 27 heavy (non-hydrogen) atoms. The Morgan fingerprint density at radius 2 is 1.93 bits per heavy atom. The molecule has 0 aliphatic heterocycles. The van der Waals surface area contributed by atoms with Gasteiger partial charge < -0.3 is 18.6 Å². The lowest BCUT2D eigenvalue weighted by atomic mass is 10.1. The molecule has 3 rings (SSSR count). The van der Waals surface area contributed by atoms with E-state index in [1.807, 2.05) is 13.0 Å². The van der Waals surface area contributed by atoms with Gasteiger partial charge in [-0.15, -0.1) is 0 Å². The van der Waals surface area contributed by atoms with Crippen LogP contribution in [0.4, 0.5) is 0 Å². The summed E-state index contributed by atoms with van der Waals surface area (Å²) >= 11 is 3.34. The minimum atomic E-state index is -0.533. The van der Waals surface area contributed by atoms with Crippen LogP contribution >= 0.6 is 15.9 Å². The first kappa shape index (κ1) is 19.0. The van der Waals surface area contributed by atoms with Crippen molar-refractivity contribution in [3.63, 3.8) is 0 Å². The summed E-state index contributed by atoms with van der Waals surface area (Å²) in [5.41, 5.74) is 0.811. The number of carbonyl (C=O) groups is 1. The average molecular weight is 433 g/mol. The molecule has 0 spiro atoms. The number of hydrogen-bond donors (Lipinski definition) is 0. The van der Waals surface area contributed by atoms with Gasteiger partial charge >= 0.3 is 11.6 Å². The molecule has 0 saturated heterocycles. The number of esters is 1. The summed E-state index contributed by atoms with van der Waals surface area (Å²) in [5, 5.41) is 0.704. The highest BCUT2D eigenvalue weighted by Gasteiger charge is 2.14. The van der Waals surface area contributed by atoms with Gasteiger partial charge in [0, 0.05) is 21.5 Å². The normalized spacial score (nSPS) is 10.6. The molecule has 3 aromatic rings. The molecule has 0 aliphatic rings. The van der Waals surface area contributed by atoms with Crippen LogP contribution in [-0.2, 0) is 11.3 Å². The van der Waals surface area contributed by atoms with Crippen LogP contribution in [-0.4, -0.2) is 19.7 Å². The minimum Gasteiger partial charge on any atom is -0.493 e. The van der Waals surface area contributed by atoms with E-state index >= 15 is 0 Å². The summed E-state index contributed by atoms with van der Waals surface area (Å²) in [4.78, 5) is 24.2. The van der Waals surface area contributed by atoms with Gasteiger partial charge in [0.05, 0.1) is 19.3 Å². The molecular formula is C20H17BrO6. The number of rotatable bonds is 6. The molecule has 0 radical (unpaired) electrons. The van der Waals surface area contributed by atoms with Crippen molar-refractivity contribution in [3.05, 3.63) is 68.5 Å². The van der Waals surface area contributed by atoms with Gasteiger partial charge in [0.25, 0.3) is 0 Å². The van der Waals surface area contributed by atoms with E-state index in [-0.39, 0.29) is 6.61 Å². The highest BCUT2D eigenvalue weighted by molar-refractivity contribution is 9.10. The Bertz CT molecular complexity index is 1040. The Hall–Kier alpha value is -2.80. The molecule has 0 atom stereocenters. The summed E-state index contributed by atoms with van der Waals surface area (Å²) in [6, 6.07) is 11.5. The first-order valence-corrected chi connectivity index (χ1v) is 9.01. The molecule has 6 nitrogen and oxygen atoms in total. The van der Waals surface area contributed by atoms with Crippen LogP contribution in [0.5, 0.6) is 11.5 Å². The summed E-state index contributed by atoms with van der Waals surface area (Å²) in [5.74, 6) is 0.464. The number of fused-ring (bicyclic) bond motifs is 1. The predicted molar refractivity (Wildman–Crippen MR) is 103 cm³/mol. The number of ether oxygens (including phenoxy) is 3. The zero-order valence-electron chi connectivity index (χ0n) is 14.8. The van der Waals surface area contributed by atoms with Gasteiger partial charge in [0.2, 0.25) is 0 Å². The molecule has 140 valence electrons.